The average Bonchev–Trinajstić information content (AvgIpc) is 2.59. The van der Waals surface area contributed by atoms with Crippen LogP contribution in [0.2, 0.25) is 0 Å². The van der Waals surface area contributed by atoms with Crippen LogP contribution in [0.1, 0.15) is 32.4 Å². The maximum atomic E-state index is 12.3. The first-order valence-corrected chi connectivity index (χ1v) is 7.05. The SMILES string of the molecule is CN(C)C(=O)[C@@H](OC(=O)c1ccc(C=O)cc1)c1ccccc1. The standard InChI is InChI=1S/C18H17NO4/c1-19(2)17(21)16(14-6-4-3-5-7-14)23-18(22)15-10-8-13(12-20)9-11-15/h3-12,16H,1-2H3/t16-/m0/s1. The van der Waals surface area contributed by atoms with E-state index in [1.54, 1.807) is 38.4 Å². The van der Waals surface area contributed by atoms with Crippen LogP contribution >= 0.6 is 0 Å². The molecule has 0 radical (unpaired) electrons. The zero-order valence-electron chi connectivity index (χ0n) is 12.9. The lowest BCUT2D eigenvalue weighted by molar-refractivity contribution is -0.138. The van der Waals surface area contributed by atoms with Crippen molar-refractivity contribution in [2.24, 2.45) is 0 Å². The zero-order chi connectivity index (χ0) is 16.8. The fraction of sp³-hybridized carbons (Fsp3) is 0.167. The molecular weight excluding hydrogens is 294 g/mol. The summed E-state index contributed by atoms with van der Waals surface area (Å²) in [6.45, 7) is 0. The van der Waals surface area contributed by atoms with Gasteiger partial charge in [-0.3, -0.25) is 9.59 Å². The molecule has 2 rings (SSSR count). The number of hydrogen-bond donors (Lipinski definition) is 0. The quantitative estimate of drug-likeness (QED) is 0.628. The second kappa shape index (κ2) is 7.35. The summed E-state index contributed by atoms with van der Waals surface area (Å²) in [5, 5.41) is 0. The van der Waals surface area contributed by atoms with Crippen molar-refractivity contribution in [1.82, 2.24) is 4.90 Å². The Hall–Kier alpha value is -2.95. The van der Waals surface area contributed by atoms with Crippen molar-refractivity contribution in [2.45, 2.75) is 6.10 Å². The van der Waals surface area contributed by atoms with Gasteiger partial charge in [0.2, 0.25) is 6.10 Å². The number of aldehydes is 1. The molecule has 0 spiro atoms. The highest BCUT2D eigenvalue weighted by Crippen LogP contribution is 2.21. The van der Waals surface area contributed by atoms with E-state index in [2.05, 4.69) is 0 Å². The third-order valence-corrected chi connectivity index (χ3v) is 3.27. The van der Waals surface area contributed by atoms with E-state index >= 15 is 0 Å². The molecule has 5 nitrogen and oxygen atoms in total. The number of rotatable bonds is 5. The summed E-state index contributed by atoms with van der Waals surface area (Å²) in [5.74, 6) is -0.944. The van der Waals surface area contributed by atoms with Gasteiger partial charge < -0.3 is 9.64 Å². The predicted molar refractivity (Wildman–Crippen MR) is 85.1 cm³/mol. The highest BCUT2D eigenvalue weighted by atomic mass is 16.5. The second-order valence-electron chi connectivity index (χ2n) is 5.17. The lowest BCUT2D eigenvalue weighted by Crippen LogP contribution is -2.31. The molecule has 1 atom stereocenters. The maximum Gasteiger partial charge on any atom is 0.339 e. The Morgan fingerprint density at radius 1 is 1.00 bits per heavy atom. The number of likely N-dealkylation sites (N-methyl/N-ethyl adjacent to an activating group) is 1. The molecule has 0 unspecified atom stereocenters. The van der Waals surface area contributed by atoms with Crippen LogP contribution in [0.4, 0.5) is 0 Å². The minimum atomic E-state index is -1.01. The van der Waals surface area contributed by atoms with Gasteiger partial charge in [-0.15, -0.1) is 0 Å². The van der Waals surface area contributed by atoms with Crippen molar-refractivity contribution in [2.75, 3.05) is 14.1 Å². The van der Waals surface area contributed by atoms with Crippen LogP contribution in [-0.4, -0.2) is 37.2 Å². The van der Waals surface area contributed by atoms with Crippen molar-refractivity contribution in [1.29, 1.82) is 0 Å². The monoisotopic (exact) mass is 311 g/mol. The van der Waals surface area contributed by atoms with Gasteiger partial charge in [0, 0.05) is 25.2 Å². The van der Waals surface area contributed by atoms with Crippen LogP contribution < -0.4 is 0 Å². The summed E-state index contributed by atoms with van der Waals surface area (Å²) in [4.78, 5) is 36.6. The molecule has 2 aromatic rings. The van der Waals surface area contributed by atoms with Crippen LogP contribution in [0.5, 0.6) is 0 Å². The lowest BCUT2D eigenvalue weighted by atomic mass is 10.1. The molecule has 0 heterocycles. The molecule has 1 amide bonds. The van der Waals surface area contributed by atoms with Crippen LogP contribution in [0.3, 0.4) is 0 Å². The normalized spacial score (nSPS) is 11.4. The number of carbonyl (C=O) groups is 3. The van der Waals surface area contributed by atoms with E-state index in [9.17, 15) is 14.4 Å². The summed E-state index contributed by atoms with van der Waals surface area (Å²) in [6, 6.07) is 14.9. The van der Waals surface area contributed by atoms with Crippen molar-refractivity contribution in [3.8, 4) is 0 Å². The van der Waals surface area contributed by atoms with E-state index in [0.717, 1.165) is 0 Å². The first kappa shape index (κ1) is 16.4. The third kappa shape index (κ3) is 4.03. The van der Waals surface area contributed by atoms with Crippen LogP contribution in [0.25, 0.3) is 0 Å². The number of amides is 1. The summed E-state index contributed by atoms with van der Waals surface area (Å²) in [7, 11) is 3.20. The van der Waals surface area contributed by atoms with E-state index in [1.165, 1.54) is 29.2 Å². The Kier molecular flexibility index (Phi) is 5.25. The minimum absolute atomic E-state index is 0.281. The van der Waals surface area contributed by atoms with Gasteiger partial charge in [-0.25, -0.2) is 4.79 Å². The smallest absolute Gasteiger partial charge is 0.339 e. The summed E-state index contributed by atoms with van der Waals surface area (Å²) >= 11 is 0. The van der Waals surface area contributed by atoms with Gasteiger partial charge >= 0.3 is 5.97 Å². The van der Waals surface area contributed by atoms with Gasteiger partial charge in [-0.1, -0.05) is 42.5 Å². The van der Waals surface area contributed by atoms with Gasteiger partial charge in [0.15, 0.2) is 0 Å². The molecule has 0 fully saturated rings. The van der Waals surface area contributed by atoms with Crippen LogP contribution in [0, 0.1) is 0 Å². The molecule has 0 saturated carbocycles. The van der Waals surface area contributed by atoms with Crippen molar-refractivity contribution in [3.63, 3.8) is 0 Å². The van der Waals surface area contributed by atoms with Crippen molar-refractivity contribution in [3.05, 3.63) is 71.3 Å². The van der Waals surface area contributed by atoms with Gasteiger partial charge in [-0.2, -0.15) is 0 Å². The molecule has 5 heteroatoms. The van der Waals surface area contributed by atoms with Gasteiger partial charge in [0.05, 0.1) is 5.56 Å². The average molecular weight is 311 g/mol. The van der Waals surface area contributed by atoms with Gasteiger partial charge in [-0.05, 0) is 12.1 Å². The number of hydrogen-bond acceptors (Lipinski definition) is 4. The molecule has 0 aliphatic heterocycles. The Morgan fingerprint density at radius 2 is 1.61 bits per heavy atom. The van der Waals surface area contributed by atoms with Gasteiger partial charge in [0.25, 0.3) is 5.91 Å². The Morgan fingerprint density at radius 3 is 2.13 bits per heavy atom. The number of nitrogens with zero attached hydrogens (tertiary/aromatic N) is 1. The molecule has 0 N–H and O–H groups in total. The molecule has 0 aromatic heterocycles. The number of benzene rings is 2. The van der Waals surface area contributed by atoms with Gasteiger partial charge in [0.1, 0.15) is 6.29 Å². The number of carbonyl (C=O) groups excluding carboxylic acids is 3. The topological polar surface area (TPSA) is 63.7 Å². The minimum Gasteiger partial charge on any atom is -0.444 e. The van der Waals surface area contributed by atoms with Crippen LogP contribution in [0.15, 0.2) is 54.6 Å². The molecule has 0 saturated heterocycles. The Balaban J connectivity index is 2.24. The summed E-state index contributed by atoms with van der Waals surface area (Å²) in [5.41, 5.74) is 1.35. The molecule has 0 aliphatic rings. The fourth-order valence-electron chi connectivity index (χ4n) is 2.00. The first-order valence-electron chi connectivity index (χ1n) is 7.05. The van der Waals surface area contributed by atoms with E-state index < -0.39 is 12.1 Å². The zero-order valence-corrected chi connectivity index (χ0v) is 12.9. The third-order valence-electron chi connectivity index (χ3n) is 3.27. The van der Waals surface area contributed by atoms with Crippen molar-refractivity contribution < 1.29 is 19.1 Å². The highest BCUT2D eigenvalue weighted by molar-refractivity contribution is 5.93. The molecule has 118 valence electrons. The molecule has 2 aromatic carbocycles. The molecule has 0 bridgehead atoms. The van der Waals surface area contributed by atoms with E-state index in [0.29, 0.717) is 17.4 Å². The Bertz CT molecular complexity index is 693. The second-order valence-corrected chi connectivity index (χ2v) is 5.17. The summed E-state index contributed by atoms with van der Waals surface area (Å²) < 4.78 is 5.40. The molecule has 0 aliphatic carbocycles. The summed E-state index contributed by atoms with van der Waals surface area (Å²) in [6.07, 6.45) is -0.318. The van der Waals surface area contributed by atoms with Crippen molar-refractivity contribution >= 4 is 18.2 Å². The highest BCUT2D eigenvalue weighted by Gasteiger charge is 2.26. The maximum absolute atomic E-state index is 12.3. The first-order chi connectivity index (χ1) is 11.0. The van der Waals surface area contributed by atoms with E-state index in [4.69, 9.17) is 4.74 Å². The molecular formula is C18H17NO4. The largest absolute Gasteiger partial charge is 0.444 e. The fourth-order valence-corrected chi connectivity index (χ4v) is 2.00. The van der Waals surface area contributed by atoms with E-state index in [-0.39, 0.29) is 11.5 Å². The van der Waals surface area contributed by atoms with E-state index in [1.807, 2.05) is 6.07 Å². The van der Waals surface area contributed by atoms with Crippen LogP contribution in [-0.2, 0) is 9.53 Å². The predicted octanol–water partition coefficient (Wildman–Crippen LogP) is 2.49. The molecule has 23 heavy (non-hydrogen) atoms. The Labute approximate surface area is 134 Å². The number of ether oxygens (including phenoxy) is 1. The number of esters is 1. The lowest BCUT2D eigenvalue weighted by Gasteiger charge is -2.21.